The summed E-state index contributed by atoms with van der Waals surface area (Å²) in [6, 6.07) is 3.96. The molecule has 0 radical (unpaired) electrons. The fourth-order valence-electron chi connectivity index (χ4n) is 5.29. The minimum atomic E-state index is -0.0374. The third-order valence-corrected chi connectivity index (χ3v) is 6.80. The van der Waals surface area contributed by atoms with Gasteiger partial charge in [0, 0.05) is 36.4 Å². The number of aromatic nitrogens is 5. The second-order valence-electron chi connectivity index (χ2n) is 8.28. The van der Waals surface area contributed by atoms with E-state index in [1.54, 1.807) is 6.33 Å². The Balaban J connectivity index is 1.40. The van der Waals surface area contributed by atoms with Crippen molar-refractivity contribution in [3.63, 3.8) is 0 Å². The maximum Gasteiger partial charge on any atom is 0.236 e. The number of carbonyl (C=O) groups excluding carboxylic acids is 1. The highest BCUT2D eigenvalue weighted by Crippen LogP contribution is 2.49. The first kappa shape index (κ1) is 17.9. The van der Waals surface area contributed by atoms with Crippen molar-refractivity contribution in [3.05, 3.63) is 31.0 Å². The highest BCUT2D eigenvalue weighted by Gasteiger charge is 2.50. The Morgan fingerprint density at radius 2 is 2.14 bits per heavy atom. The van der Waals surface area contributed by atoms with E-state index >= 15 is 0 Å². The van der Waals surface area contributed by atoms with Crippen molar-refractivity contribution >= 4 is 16.9 Å². The molecule has 29 heavy (non-hydrogen) atoms. The Morgan fingerprint density at radius 3 is 2.86 bits per heavy atom. The molecule has 1 saturated carbocycles. The topological polar surface area (TPSA) is 103 Å². The number of amides is 1. The summed E-state index contributed by atoms with van der Waals surface area (Å²) in [6.45, 7) is 3.74. The van der Waals surface area contributed by atoms with Gasteiger partial charge in [-0.25, -0.2) is 9.97 Å². The third-order valence-electron chi connectivity index (χ3n) is 6.80. The second-order valence-corrected chi connectivity index (χ2v) is 8.28. The molecule has 5 rings (SSSR count). The Bertz CT molecular complexity index is 1090. The van der Waals surface area contributed by atoms with Gasteiger partial charge in [-0.2, -0.15) is 10.4 Å². The Labute approximate surface area is 168 Å². The molecule has 8 nitrogen and oxygen atoms in total. The predicted octanol–water partition coefficient (Wildman–Crippen LogP) is 2.71. The lowest BCUT2D eigenvalue weighted by Crippen LogP contribution is -2.35. The van der Waals surface area contributed by atoms with E-state index in [1.807, 2.05) is 29.4 Å². The van der Waals surface area contributed by atoms with Crippen LogP contribution in [0, 0.1) is 23.2 Å². The molecular weight excluding hydrogens is 366 g/mol. The van der Waals surface area contributed by atoms with Crippen molar-refractivity contribution in [2.45, 2.75) is 38.1 Å². The number of nitrogens with one attached hydrogen (secondary N) is 1. The van der Waals surface area contributed by atoms with Gasteiger partial charge < -0.3 is 9.88 Å². The summed E-state index contributed by atoms with van der Waals surface area (Å²) in [6.07, 6.45) is 10.4. The molecule has 3 aromatic rings. The number of aromatic amines is 1. The molecule has 1 amide bonds. The summed E-state index contributed by atoms with van der Waals surface area (Å²) in [7, 11) is 0. The smallest absolute Gasteiger partial charge is 0.236 e. The van der Waals surface area contributed by atoms with Crippen LogP contribution in [0.1, 0.15) is 32.6 Å². The van der Waals surface area contributed by atoms with Crippen molar-refractivity contribution in [2.75, 3.05) is 13.1 Å². The van der Waals surface area contributed by atoms with Crippen molar-refractivity contribution in [3.8, 4) is 17.3 Å². The summed E-state index contributed by atoms with van der Waals surface area (Å²) in [5.41, 5.74) is 2.68. The van der Waals surface area contributed by atoms with Crippen LogP contribution in [-0.2, 0) is 10.3 Å². The molecule has 1 N–H and O–H groups in total. The van der Waals surface area contributed by atoms with Crippen LogP contribution >= 0.6 is 0 Å². The largest absolute Gasteiger partial charge is 0.346 e. The SMILES string of the molecule is CC[C@]1(n2cc(-c3ncnc4[nH]ccc34)cn2)C[C@H]2CN(C(=O)CC#N)C[C@H]2C1. The van der Waals surface area contributed by atoms with Crippen LogP contribution in [0.3, 0.4) is 0 Å². The molecule has 1 aliphatic heterocycles. The quantitative estimate of drug-likeness (QED) is 0.739. The van der Waals surface area contributed by atoms with Gasteiger partial charge in [0.25, 0.3) is 0 Å². The molecule has 1 saturated heterocycles. The molecule has 0 aromatic carbocycles. The fraction of sp³-hybridized carbons (Fsp3) is 0.476. The maximum atomic E-state index is 12.1. The average molecular weight is 389 g/mol. The lowest BCUT2D eigenvalue weighted by Gasteiger charge is -2.31. The first-order valence-corrected chi connectivity index (χ1v) is 10.1. The number of nitriles is 1. The summed E-state index contributed by atoms with van der Waals surface area (Å²) in [4.78, 5) is 25.8. The van der Waals surface area contributed by atoms with E-state index in [9.17, 15) is 4.79 Å². The maximum absolute atomic E-state index is 12.1. The van der Waals surface area contributed by atoms with Gasteiger partial charge in [0.2, 0.25) is 5.91 Å². The van der Waals surface area contributed by atoms with Gasteiger partial charge in [-0.3, -0.25) is 9.48 Å². The minimum Gasteiger partial charge on any atom is -0.346 e. The second kappa shape index (κ2) is 6.69. The lowest BCUT2D eigenvalue weighted by molar-refractivity contribution is -0.129. The number of hydrogen-bond acceptors (Lipinski definition) is 5. The van der Waals surface area contributed by atoms with Crippen LogP contribution < -0.4 is 0 Å². The van der Waals surface area contributed by atoms with Gasteiger partial charge in [-0.15, -0.1) is 0 Å². The highest BCUT2D eigenvalue weighted by molar-refractivity contribution is 5.90. The van der Waals surface area contributed by atoms with Crippen molar-refractivity contribution in [1.82, 2.24) is 29.6 Å². The summed E-state index contributed by atoms with van der Waals surface area (Å²) in [5.74, 6) is 0.908. The van der Waals surface area contributed by atoms with E-state index in [1.165, 1.54) is 0 Å². The van der Waals surface area contributed by atoms with Crippen molar-refractivity contribution in [1.29, 1.82) is 5.26 Å². The number of H-pyrrole nitrogens is 1. The molecule has 0 unspecified atom stereocenters. The molecule has 1 aliphatic carbocycles. The van der Waals surface area contributed by atoms with Crippen molar-refractivity contribution < 1.29 is 4.79 Å². The average Bonchev–Trinajstić information content (AvgIpc) is 3.49. The Kier molecular flexibility index (Phi) is 4.12. The Morgan fingerprint density at radius 1 is 1.34 bits per heavy atom. The number of rotatable bonds is 4. The van der Waals surface area contributed by atoms with Gasteiger partial charge >= 0.3 is 0 Å². The van der Waals surface area contributed by atoms with E-state index < -0.39 is 0 Å². The normalized spacial score (nSPS) is 26.0. The third kappa shape index (κ3) is 2.80. The van der Waals surface area contributed by atoms with Crippen molar-refractivity contribution in [2.24, 2.45) is 11.8 Å². The molecule has 0 spiro atoms. The molecule has 3 aromatic heterocycles. The fourth-order valence-corrected chi connectivity index (χ4v) is 5.29. The zero-order valence-corrected chi connectivity index (χ0v) is 16.4. The molecule has 2 fully saturated rings. The molecule has 148 valence electrons. The monoisotopic (exact) mass is 389 g/mol. The molecule has 3 atom stereocenters. The van der Waals surface area contributed by atoms with Crippen LogP contribution in [0.4, 0.5) is 0 Å². The van der Waals surface area contributed by atoms with E-state index in [-0.39, 0.29) is 17.9 Å². The Hall–Kier alpha value is -3.21. The molecule has 4 heterocycles. The van der Waals surface area contributed by atoms with Gasteiger partial charge in [0.15, 0.2) is 0 Å². The van der Waals surface area contributed by atoms with Gasteiger partial charge in [-0.05, 0) is 37.2 Å². The highest BCUT2D eigenvalue weighted by atomic mass is 16.2. The summed E-state index contributed by atoms with van der Waals surface area (Å²) in [5, 5.41) is 14.5. The number of hydrogen-bond donors (Lipinski definition) is 1. The van der Waals surface area contributed by atoms with Crippen LogP contribution in [0.25, 0.3) is 22.3 Å². The lowest BCUT2D eigenvalue weighted by atomic mass is 9.92. The first-order chi connectivity index (χ1) is 14.1. The minimum absolute atomic E-state index is 0.0204. The van der Waals surface area contributed by atoms with Crippen LogP contribution in [0.2, 0.25) is 0 Å². The molecular formula is C21H23N7O. The van der Waals surface area contributed by atoms with Gasteiger partial charge in [-0.1, -0.05) is 6.92 Å². The summed E-state index contributed by atoms with van der Waals surface area (Å²) >= 11 is 0. The summed E-state index contributed by atoms with van der Waals surface area (Å²) < 4.78 is 2.13. The van der Waals surface area contributed by atoms with E-state index in [4.69, 9.17) is 10.4 Å². The number of carbonyl (C=O) groups is 1. The number of likely N-dealkylation sites (tertiary alicyclic amines) is 1. The number of nitrogens with zero attached hydrogens (tertiary/aromatic N) is 6. The van der Waals surface area contributed by atoms with Crippen LogP contribution in [-0.4, -0.2) is 48.6 Å². The molecule has 8 heteroatoms. The molecule has 0 bridgehead atoms. The predicted molar refractivity (Wildman–Crippen MR) is 106 cm³/mol. The molecule has 2 aliphatic rings. The van der Waals surface area contributed by atoms with E-state index in [2.05, 4.69) is 32.8 Å². The standard InChI is InChI=1S/C21H23N7O/c1-2-21(7-14-10-27(11-15(14)8-21)18(29)3-5-22)28-12-16(9-26-28)19-17-4-6-23-20(17)25-13-24-19/h4,6,9,12-15H,2-3,7-8,10-11H2,1H3,(H,23,24,25)/t14-,15+,21-. The van der Waals surface area contributed by atoms with E-state index in [0.717, 1.165) is 54.6 Å². The first-order valence-electron chi connectivity index (χ1n) is 10.1. The van der Waals surface area contributed by atoms with Crippen LogP contribution in [0.15, 0.2) is 31.0 Å². The van der Waals surface area contributed by atoms with Crippen LogP contribution in [0.5, 0.6) is 0 Å². The van der Waals surface area contributed by atoms with Gasteiger partial charge in [0.05, 0.1) is 23.5 Å². The zero-order valence-electron chi connectivity index (χ0n) is 16.4. The zero-order chi connectivity index (χ0) is 20.0. The van der Waals surface area contributed by atoms with Gasteiger partial charge in [0.1, 0.15) is 18.4 Å². The number of fused-ring (bicyclic) bond motifs is 2. The van der Waals surface area contributed by atoms with E-state index in [0.29, 0.717) is 11.8 Å².